The molecule has 11 aromatic rings. The van der Waals surface area contributed by atoms with Gasteiger partial charge in [0, 0.05) is 33.2 Å². The van der Waals surface area contributed by atoms with E-state index in [-0.39, 0.29) is 5.92 Å². The number of furan rings is 1. The van der Waals surface area contributed by atoms with Gasteiger partial charge in [0.25, 0.3) is 0 Å². The van der Waals surface area contributed by atoms with Crippen LogP contribution in [0.3, 0.4) is 0 Å². The van der Waals surface area contributed by atoms with Crippen LogP contribution in [0, 0.1) is 0 Å². The van der Waals surface area contributed by atoms with Gasteiger partial charge in [0.2, 0.25) is 0 Å². The van der Waals surface area contributed by atoms with Crippen molar-refractivity contribution in [1.82, 2.24) is 4.57 Å². The van der Waals surface area contributed by atoms with Crippen molar-refractivity contribution in [3.8, 4) is 39.1 Å². The highest BCUT2D eigenvalue weighted by molar-refractivity contribution is 6.13. The van der Waals surface area contributed by atoms with Crippen LogP contribution in [0.2, 0.25) is 0 Å². The molecule has 1 aliphatic rings. The van der Waals surface area contributed by atoms with E-state index in [0.29, 0.717) is 0 Å². The Labute approximate surface area is 318 Å². The van der Waals surface area contributed by atoms with Crippen LogP contribution >= 0.6 is 0 Å². The summed E-state index contributed by atoms with van der Waals surface area (Å²) in [5.74, 6) is 0.212. The van der Waals surface area contributed by atoms with Crippen molar-refractivity contribution in [3.63, 3.8) is 0 Å². The lowest BCUT2D eigenvalue weighted by Crippen LogP contribution is -1.99. The van der Waals surface area contributed by atoms with Gasteiger partial charge in [0.05, 0.1) is 11.0 Å². The number of aromatic nitrogens is 1. The molecule has 0 saturated carbocycles. The molecule has 0 N–H and O–H groups in total. The number of rotatable bonds is 4. The largest absolute Gasteiger partial charge is 0.456 e. The topological polar surface area (TPSA) is 18.1 Å². The fraction of sp³-hybridized carbons (Fsp3) is 0.0189. The Hall–Kier alpha value is -7.16. The fourth-order valence-corrected chi connectivity index (χ4v) is 9.36. The van der Waals surface area contributed by atoms with Crippen LogP contribution in [-0.2, 0) is 0 Å². The minimum Gasteiger partial charge on any atom is -0.456 e. The zero-order valence-corrected chi connectivity index (χ0v) is 29.9. The maximum Gasteiger partial charge on any atom is 0.136 e. The molecule has 2 heteroatoms. The van der Waals surface area contributed by atoms with Crippen LogP contribution < -0.4 is 0 Å². The maximum absolute atomic E-state index is 6.20. The predicted octanol–water partition coefficient (Wildman–Crippen LogP) is 14.3. The van der Waals surface area contributed by atoms with Gasteiger partial charge in [0.15, 0.2) is 0 Å². The summed E-state index contributed by atoms with van der Waals surface area (Å²) >= 11 is 0. The minimum atomic E-state index is 0.212. The molecule has 2 heterocycles. The van der Waals surface area contributed by atoms with Crippen molar-refractivity contribution >= 4 is 54.5 Å². The molecule has 0 radical (unpaired) electrons. The summed E-state index contributed by atoms with van der Waals surface area (Å²) in [6.45, 7) is 0. The lowest BCUT2D eigenvalue weighted by molar-refractivity contribution is 0.669. The van der Waals surface area contributed by atoms with Crippen LogP contribution in [-0.4, -0.2) is 4.57 Å². The first-order valence-corrected chi connectivity index (χ1v) is 19.0. The van der Waals surface area contributed by atoms with E-state index in [0.717, 1.165) is 27.6 Å². The first-order valence-electron chi connectivity index (χ1n) is 19.0. The summed E-state index contributed by atoms with van der Waals surface area (Å²) in [6.07, 6.45) is 0. The Balaban J connectivity index is 0.955. The number of fused-ring (bicyclic) bond motifs is 10. The average molecular weight is 700 g/mol. The van der Waals surface area contributed by atoms with Crippen LogP contribution in [0.25, 0.3) is 93.6 Å². The molecule has 2 nitrogen and oxygen atoms in total. The summed E-state index contributed by atoms with van der Waals surface area (Å²) in [5, 5.41) is 7.37. The van der Waals surface area contributed by atoms with Gasteiger partial charge in [-0.15, -0.1) is 0 Å². The van der Waals surface area contributed by atoms with Gasteiger partial charge in [0.1, 0.15) is 11.2 Å². The molecule has 9 aromatic carbocycles. The molecule has 0 amide bonds. The summed E-state index contributed by atoms with van der Waals surface area (Å²) < 4.78 is 8.61. The highest BCUT2D eigenvalue weighted by Gasteiger charge is 2.30. The minimum absolute atomic E-state index is 0.212. The van der Waals surface area contributed by atoms with Crippen molar-refractivity contribution in [3.05, 3.63) is 211 Å². The van der Waals surface area contributed by atoms with Gasteiger partial charge in [-0.05, 0) is 109 Å². The molecule has 12 rings (SSSR count). The molecule has 1 atom stereocenters. The van der Waals surface area contributed by atoms with Gasteiger partial charge >= 0.3 is 0 Å². The molecule has 0 spiro atoms. The molecule has 2 aromatic heterocycles. The second-order valence-corrected chi connectivity index (χ2v) is 14.8. The van der Waals surface area contributed by atoms with E-state index >= 15 is 0 Å². The highest BCUT2D eigenvalue weighted by Crippen LogP contribution is 2.49. The Kier molecular flexibility index (Phi) is 6.43. The normalized spacial score (nSPS) is 13.6. The fourth-order valence-electron chi connectivity index (χ4n) is 9.36. The summed E-state index contributed by atoms with van der Waals surface area (Å²) in [7, 11) is 0. The summed E-state index contributed by atoms with van der Waals surface area (Å²) in [6, 6.07) is 71.0. The van der Waals surface area contributed by atoms with E-state index in [1.165, 1.54) is 82.6 Å². The van der Waals surface area contributed by atoms with E-state index in [1.807, 2.05) is 12.1 Å². The predicted molar refractivity (Wildman–Crippen MR) is 229 cm³/mol. The van der Waals surface area contributed by atoms with Crippen LogP contribution in [0.4, 0.5) is 0 Å². The monoisotopic (exact) mass is 699 g/mol. The molecule has 55 heavy (non-hydrogen) atoms. The van der Waals surface area contributed by atoms with E-state index in [2.05, 4.69) is 187 Å². The quantitative estimate of drug-likeness (QED) is 0.179. The molecular weight excluding hydrogens is 667 g/mol. The number of nitrogens with zero attached hydrogens (tertiary/aromatic N) is 1. The van der Waals surface area contributed by atoms with E-state index in [1.54, 1.807) is 0 Å². The van der Waals surface area contributed by atoms with Gasteiger partial charge in [-0.1, -0.05) is 146 Å². The number of hydrogen-bond donors (Lipinski definition) is 0. The zero-order valence-electron chi connectivity index (χ0n) is 29.9. The molecule has 256 valence electrons. The number of para-hydroxylation sites is 2. The van der Waals surface area contributed by atoms with Crippen LogP contribution in [0.15, 0.2) is 199 Å². The molecule has 0 bridgehead atoms. The Morgan fingerprint density at radius 2 is 1.05 bits per heavy atom. The molecule has 0 aliphatic heterocycles. The van der Waals surface area contributed by atoms with Crippen molar-refractivity contribution in [2.45, 2.75) is 5.92 Å². The third-order valence-electron chi connectivity index (χ3n) is 11.9. The molecule has 1 aliphatic carbocycles. The van der Waals surface area contributed by atoms with Gasteiger partial charge < -0.3 is 8.98 Å². The average Bonchev–Trinajstić information content (AvgIpc) is 3.91. The van der Waals surface area contributed by atoms with Crippen molar-refractivity contribution in [1.29, 1.82) is 0 Å². The Morgan fingerprint density at radius 1 is 0.382 bits per heavy atom. The zero-order chi connectivity index (χ0) is 36.0. The van der Waals surface area contributed by atoms with Gasteiger partial charge in [-0.2, -0.15) is 0 Å². The summed E-state index contributed by atoms with van der Waals surface area (Å²) in [5.41, 5.74) is 16.9. The summed E-state index contributed by atoms with van der Waals surface area (Å²) in [4.78, 5) is 0. The second kappa shape index (κ2) is 11.7. The van der Waals surface area contributed by atoms with E-state index < -0.39 is 0 Å². The third kappa shape index (κ3) is 4.55. The lowest BCUT2D eigenvalue weighted by atomic mass is 9.87. The van der Waals surface area contributed by atoms with Crippen LogP contribution in [0.5, 0.6) is 0 Å². The van der Waals surface area contributed by atoms with Gasteiger partial charge in [-0.3, -0.25) is 0 Å². The first-order chi connectivity index (χ1) is 27.3. The highest BCUT2D eigenvalue weighted by atomic mass is 16.3. The Morgan fingerprint density at radius 3 is 1.98 bits per heavy atom. The maximum atomic E-state index is 6.20. The van der Waals surface area contributed by atoms with Crippen molar-refractivity contribution in [2.75, 3.05) is 0 Å². The van der Waals surface area contributed by atoms with E-state index in [4.69, 9.17) is 4.42 Å². The lowest BCUT2D eigenvalue weighted by Gasteiger charge is -2.16. The molecule has 1 unspecified atom stereocenters. The second-order valence-electron chi connectivity index (χ2n) is 14.8. The number of benzene rings is 9. The van der Waals surface area contributed by atoms with Crippen LogP contribution in [0.1, 0.15) is 22.6 Å². The Bertz CT molecular complexity index is 3320. The van der Waals surface area contributed by atoms with E-state index in [9.17, 15) is 0 Å². The number of hydrogen-bond acceptors (Lipinski definition) is 1. The SMILES string of the molecule is c1ccc2c(c1)-c1cc(-c3ccc4c(c3)c3ccccc3n4-c3ccc(-c4cccc5oc6ccccc6c45)cc3)ccc1C2c1ccc2ccccc2c1. The first kappa shape index (κ1) is 30.3. The molecule has 0 fully saturated rings. The standard InChI is InChI=1S/C53H33NO/c1-2-11-35-30-38(21-20-33(35)10-1)52-43-14-4-3-12-41(43)46-31-36(24-28-44(46)52)37-25-29-49-47(32-37)42-13-5-7-17-48(42)54(49)39-26-22-34(23-27-39)40-16-9-19-51-53(40)45-15-6-8-18-50(45)55-51/h1-32,52H. The smallest absolute Gasteiger partial charge is 0.136 e. The van der Waals surface area contributed by atoms with Crippen molar-refractivity contribution in [2.24, 2.45) is 0 Å². The third-order valence-corrected chi connectivity index (χ3v) is 11.9. The van der Waals surface area contributed by atoms with Crippen molar-refractivity contribution < 1.29 is 4.42 Å². The van der Waals surface area contributed by atoms with Gasteiger partial charge in [-0.25, -0.2) is 0 Å². The molecular formula is C53H33NO. The molecule has 0 saturated heterocycles.